The maximum atomic E-state index is 11.7. The normalized spacial score (nSPS) is 10.2. The van der Waals surface area contributed by atoms with E-state index in [-0.39, 0.29) is 5.82 Å². The molecule has 0 spiro atoms. The number of hydrogen-bond donors (Lipinski definition) is 2. The highest BCUT2D eigenvalue weighted by Crippen LogP contribution is 2.27. The second-order valence-electron chi connectivity index (χ2n) is 3.63. The van der Waals surface area contributed by atoms with Crippen molar-refractivity contribution in [3.8, 4) is 0 Å². The molecule has 0 saturated heterocycles. The van der Waals surface area contributed by atoms with E-state index < -0.39 is 5.97 Å². The number of nitrogens with zero attached hydrogens (tertiary/aromatic N) is 1. The molecule has 1 aromatic rings. The minimum Gasteiger partial charge on any atom is -0.462 e. The molecule has 0 amide bonds. The fraction of sp³-hybridized carbons (Fsp3) is 0.636. The van der Waals surface area contributed by atoms with Crippen LogP contribution >= 0.6 is 11.5 Å². The van der Waals surface area contributed by atoms with E-state index in [9.17, 15) is 4.79 Å². The number of nitrogens with one attached hydrogen (secondary N) is 1. The van der Waals surface area contributed by atoms with Crippen molar-refractivity contribution in [3.05, 3.63) is 5.56 Å². The number of nitrogens with two attached hydrogens (primary N) is 1. The molecule has 0 aliphatic rings. The van der Waals surface area contributed by atoms with Crippen LogP contribution in [0.4, 0.5) is 10.8 Å². The fourth-order valence-electron chi connectivity index (χ4n) is 1.40. The highest BCUT2D eigenvalue weighted by molar-refractivity contribution is 7.11. The molecular weight excluding hydrogens is 238 g/mol. The highest BCUT2D eigenvalue weighted by atomic mass is 32.1. The van der Waals surface area contributed by atoms with Gasteiger partial charge in [-0.15, -0.1) is 0 Å². The maximum Gasteiger partial charge on any atom is 0.344 e. The van der Waals surface area contributed by atoms with Gasteiger partial charge in [-0.05, 0) is 24.9 Å². The summed E-state index contributed by atoms with van der Waals surface area (Å²) in [4.78, 5) is 11.7. The monoisotopic (exact) mass is 257 g/mol. The van der Waals surface area contributed by atoms with Gasteiger partial charge in [0.1, 0.15) is 10.6 Å². The highest BCUT2D eigenvalue weighted by Gasteiger charge is 2.19. The van der Waals surface area contributed by atoms with Crippen LogP contribution in [0.3, 0.4) is 0 Å². The van der Waals surface area contributed by atoms with E-state index in [1.807, 2.05) is 0 Å². The third kappa shape index (κ3) is 3.89. The van der Waals surface area contributed by atoms with Crippen molar-refractivity contribution in [1.29, 1.82) is 0 Å². The van der Waals surface area contributed by atoms with Crippen LogP contribution in [0.5, 0.6) is 0 Å². The van der Waals surface area contributed by atoms with E-state index in [1.54, 1.807) is 6.92 Å². The Morgan fingerprint density at radius 3 is 2.88 bits per heavy atom. The summed E-state index contributed by atoms with van der Waals surface area (Å²) < 4.78 is 8.92. The van der Waals surface area contributed by atoms with Crippen LogP contribution in [0.15, 0.2) is 0 Å². The largest absolute Gasteiger partial charge is 0.462 e. The zero-order chi connectivity index (χ0) is 12.7. The minimum atomic E-state index is -0.406. The molecule has 0 radical (unpaired) electrons. The summed E-state index contributed by atoms with van der Waals surface area (Å²) in [5.74, 6) is -0.164. The van der Waals surface area contributed by atoms with Gasteiger partial charge in [-0.3, -0.25) is 0 Å². The number of hydrogen-bond acceptors (Lipinski definition) is 6. The maximum absolute atomic E-state index is 11.7. The van der Waals surface area contributed by atoms with Crippen molar-refractivity contribution in [2.45, 2.75) is 33.1 Å². The summed E-state index contributed by atoms with van der Waals surface area (Å²) in [6, 6.07) is 0. The number of nitrogen functional groups attached to an aromatic ring is 1. The molecule has 0 unspecified atom stereocenters. The van der Waals surface area contributed by atoms with Gasteiger partial charge in [-0.25, -0.2) is 4.79 Å². The summed E-state index contributed by atoms with van der Waals surface area (Å²) in [6.07, 6.45) is 3.39. The van der Waals surface area contributed by atoms with Crippen molar-refractivity contribution in [3.63, 3.8) is 0 Å². The number of aromatic nitrogens is 1. The number of esters is 1. The van der Waals surface area contributed by atoms with E-state index in [1.165, 1.54) is 11.5 Å². The Kier molecular flexibility index (Phi) is 5.76. The smallest absolute Gasteiger partial charge is 0.344 e. The Hall–Kier alpha value is -1.30. The summed E-state index contributed by atoms with van der Waals surface area (Å²) in [7, 11) is 0. The number of unbranched alkanes of at least 4 members (excludes halogenated alkanes) is 2. The molecule has 1 heterocycles. The third-order valence-electron chi connectivity index (χ3n) is 2.26. The molecule has 0 bridgehead atoms. The molecule has 0 atom stereocenters. The van der Waals surface area contributed by atoms with Crippen LogP contribution in [0, 0.1) is 0 Å². The Bertz CT molecular complexity index is 366. The molecule has 1 rings (SSSR count). The first-order valence-corrected chi connectivity index (χ1v) is 6.64. The first-order chi connectivity index (χ1) is 8.20. The lowest BCUT2D eigenvalue weighted by atomic mass is 10.2. The van der Waals surface area contributed by atoms with Gasteiger partial charge in [0.05, 0.1) is 6.61 Å². The molecule has 1 aromatic heterocycles. The van der Waals surface area contributed by atoms with Gasteiger partial charge < -0.3 is 15.8 Å². The number of rotatable bonds is 7. The van der Waals surface area contributed by atoms with Crippen molar-refractivity contribution < 1.29 is 9.53 Å². The molecule has 3 N–H and O–H groups in total. The van der Waals surface area contributed by atoms with Crippen LogP contribution in [-0.4, -0.2) is 23.5 Å². The molecule has 0 aliphatic heterocycles. The van der Waals surface area contributed by atoms with Crippen LogP contribution in [0.1, 0.15) is 43.5 Å². The van der Waals surface area contributed by atoms with E-state index in [4.69, 9.17) is 10.5 Å². The van der Waals surface area contributed by atoms with E-state index in [0.29, 0.717) is 17.2 Å². The lowest BCUT2D eigenvalue weighted by Gasteiger charge is -2.06. The average molecular weight is 257 g/mol. The van der Waals surface area contributed by atoms with E-state index in [2.05, 4.69) is 16.6 Å². The number of anilines is 2. The number of carbonyl (C=O) groups is 1. The zero-order valence-corrected chi connectivity index (χ0v) is 11.1. The molecule has 6 heteroatoms. The first kappa shape index (κ1) is 13.8. The van der Waals surface area contributed by atoms with Crippen molar-refractivity contribution in [2.24, 2.45) is 0 Å². The van der Waals surface area contributed by atoms with Crippen LogP contribution in [0.25, 0.3) is 0 Å². The molecule has 0 aliphatic carbocycles. The standard InChI is InChI=1S/C11H19N3O2S/c1-3-5-6-7-13-10-8(9(12)14-17-10)11(15)16-4-2/h13H,3-7H2,1-2H3,(H2,12,14). The molecular formula is C11H19N3O2S. The molecule has 5 nitrogen and oxygen atoms in total. The topological polar surface area (TPSA) is 77.2 Å². The predicted octanol–water partition coefficient (Wildman–Crippen LogP) is 2.50. The van der Waals surface area contributed by atoms with Crippen LogP contribution in [-0.2, 0) is 4.74 Å². The first-order valence-electron chi connectivity index (χ1n) is 5.86. The van der Waals surface area contributed by atoms with Gasteiger partial charge in [0.15, 0.2) is 5.82 Å². The van der Waals surface area contributed by atoms with Crippen LogP contribution < -0.4 is 11.1 Å². The molecule has 0 saturated carbocycles. The van der Waals surface area contributed by atoms with Gasteiger partial charge in [0, 0.05) is 6.54 Å². The van der Waals surface area contributed by atoms with Gasteiger partial charge in [-0.1, -0.05) is 19.8 Å². The molecule has 17 heavy (non-hydrogen) atoms. The summed E-state index contributed by atoms with van der Waals surface area (Å²) >= 11 is 1.20. The fourth-order valence-corrected chi connectivity index (χ4v) is 2.13. The van der Waals surface area contributed by atoms with Crippen molar-refractivity contribution in [1.82, 2.24) is 4.37 Å². The Morgan fingerprint density at radius 2 is 2.24 bits per heavy atom. The Morgan fingerprint density at radius 1 is 1.47 bits per heavy atom. The zero-order valence-electron chi connectivity index (χ0n) is 10.3. The van der Waals surface area contributed by atoms with Gasteiger partial charge in [0.25, 0.3) is 0 Å². The average Bonchev–Trinajstić information content (AvgIpc) is 2.66. The summed E-state index contributed by atoms with van der Waals surface area (Å²) in [6.45, 7) is 5.07. The predicted molar refractivity (Wildman–Crippen MR) is 70.5 cm³/mol. The van der Waals surface area contributed by atoms with Crippen molar-refractivity contribution >= 4 is 28.3 Å². The molecule has 0 aromatic carbocycles. The van der Waals surface area contributed by atoms with Gasteiger partial charge >= 0.3 is 5.97 Å². The lowest BCUT2D eigenvalue weighted by molar-refractivity contribution is 0.0529. The number of carbonyl (C=O) groups excluding carboxylic acids is 1. The van der Waals surface area contributed by atoms with E-state index >= 15 is 0 Å². The summed E-state index contributed by atoms with van der Waals surface area (Å²) in [5, 5.41) is 3.89. The van der Waals surface area contributed by atoms with E-state index in [0.717, 1.165) is 25.8 Å². The second-order valence-corrected chi connectivity index (χ2v) is 4.40. The van der Waals surface area contributed by atoms with Crippen molar-refractivity contribution in [2.75, 3.05) is 24.2 Å². The van der Waals surface area contributed by atoms with Crippen LogP contribution in [0.2, 0.25) is 0 Å². The number of ether oxygens (including phenoxy) is 1. The SMILES string of the molecule is CCCCCNc1snc(N)c1C(=O)OCC. The Labute approximate surface area is 106 Å². The van der Waals surface area contributed by atoms with Gasteiger partial charge in [0.2, 0.25) is 0 Å². The van der Waals surface area contributed by atoms with Gasteiger partial charge in [-0.2, -0.15) is 4.37 Å². The Balaban J connectivity index is 2.62. The molecule has 96 valence electrons. The quantitative estimate of drug-likeness (QED) is 0.579. The molecule has 0 fully saturated rings. The lowest BCUT2D eigenvalue weighted by Crippen LogP contribution is -2.10. The second kappa shape index (κ2) is 7.11. The third-order valence-corrected chi connectivity index (χ3v) is 3.08. The summed E-state index contributed by atoms with van der Waals surface area (Å²) in [5.41, 5.74) is 6.03. The minimum absolute atomic E-state index is 0.242.